The summed E-state index contributed by atoms with van der Waals surface area (Å²) in [7, 11) is 0. The lowest BCUT2D eigenvalue weighted by molar-refractivity contribution is -0.207. The molecule has 18 heavy (non-hydrogen) atoms. The van der Waals surface area contributed by atoms with Gasteiger partial charge in [0, 0.05) is 0 Å². The summed E-state index contributed by atoms with van der Waals surface area (Å²) in [5.41, 5.74) is -3.27. The van der Waals surface area contributed by atoms with Gasteiger partial charge in [0.15, 0.2) is 0 Å². The minimum absolute atomic E-state index is 0.128. The Morgan fingerprint density at radius 2 is 1.94 bits per heavy atom. The fraction of sp³-hybridized carbons (Fsp3) is 0.800. The van der Waals surface area contributed by atoms with Crippen molar-refractivity contribution in [3.8, 4) is 0 Å². The monoisotopic (exact) mass is 268 g/mol. The maximum atomic E-state index is 12.7. The number of carboxylic acid groups (broad SMARTS) is 1. The van der Waals surface area contributed by atoms with Crippen molar-refractivity contribution in [1.29, 1.82) is 0 Å². The molecule has 1 rings (SSSR count). The van der Waals surface area contributed by atoms with Crippen LogP contribution < -0.4 is 10.6 Å². The van der Waals surface area contributed by atoms with Gasteiger partial charge in [-0.3, -0.25) is 4.79 Å². The first-order valence-corrected chi connectivity index (χ1v) is 5.45. The SMILES string of the molecule is CC1CCNC1C(=O)NC(C)(C(=O)O)C(F)(F)F. The van der Waals surface area contributed by atoms with Crippen LogP contribution in [0.5, 0.6) is 0 Å². The fourth-order valence-electron chi connectivity index (χ4n) is 1.76. The second kappa shape index (κ2) is 4.75. The molecule has 1 amide bonds. The van der Waals surface area contributed by atoms with E-state index in [9.17, 15) is 22.8 Å². The number of alkyl halides is 3. The number of carbonyl (C=O) groups is 2. The molecule has 0 spiro atoms. The zero-order valence-electron chi connectivity index (χ0n) is 9.97. The summed E-state index contributed by atoms with van der Waals surface area (Å²) in [5.74, 6) is -3.20. The minimum atomic E-state index is -5.06. The second-order valence-electron chi connectivity index (χ2n) is 4.61. The van der Waals surface area contributed by atoms with Crippen LogP contribution in [-0.4, -0.2) is 41.3 Å². The van der Waals surface area contributed by atoms with E-state index in [0.29, 0.717) is 19.9 Å². The van der Waals surface area contributed by atoms with Crippen LogP contribution in [-0.2, 0) is 9.59 Å². The quantitative estimate of drug-likeness (QED) is 0.696. The van der Waals surface area contributed by atoms with E-state index in [-0.39, 0.29) is 5.92 Å². The van der Waals surface area contributed by atoms with Gasteiger partial charge < -0.3 is 15.7 Å². The van der Waals surface area contributed by atoms with Crippen LogP contribution >= 0.6 is 0 Å². The molecule has 0 aromatic heterocycles. The van der Waals surface area contributed by atoms with Crippen molar-refractivity contribution in [3.05, 3.63) is 0 Å². The largest absolute Gasteiger partial charge is 0.479 e. The van der Waals surface area contributed by atoms with Crippen LogP contribution in [0.25, 0.3) is 0 Å². The lowest BCUT2D eigenvalue weighted by Crippen LogP contribution is -2.64. The molecule has 1 aliphatic rings. The highest BCUT2D eigenvalue weighted by Crippen LogP contribution is 2.31. The maximum Gasteiger partial charge on any atom is 0.422 e. The van der Waals surface area contributed by atoms with E-state index in [2.05, 4.69) is 5.32 Å². The Morgan fingerprint density at radius 1 is 1.39 bits per heavy atom. The van der Waals surface area contributed by atoms with Crippen molar-refractivity contribution in [2.45, 2.75) is 38.0 Å². The Kier molecular flexibility index (Phi) is 3.89. The van der Waals surface area contributed by atoms with Crippen LogP contribution in [0.1, 0.15) is 20.3 Å². The molecule has 3 unspecified atom stereocenters. The number of halogens is 3. The van der Waals surface area contributed by atoms with Gasteiger partial charge in [-0.2, -0.15) is 13.2 Å². The van der Waals surface area contributed by atoms with Crippen molar-refractivity contribution in [1.82, 2.24) is 10.6 Å². The van der Waals surface area contributed by atoms with E-state index in [4.69, 9.17) is 5.11 Å². The summed E-state index contributed by atoms with van der Waals surface area (Å²) in [6.07, 6.45) is -4.40. The molecule has 0 aromatic carbocycles. The van der Waals surface area contributed by atoms with E-state index < -0.39 is 29.6 Å². The molecule has 8 heteroatoms. The van der Waals surface area contributed by atoms with Gasteiger partial charge in [0.25, 0.3) is 0 Å². The normalized spacial score (nSPS) is 27.6. The summed E-state index contributed by atoms with van der Waals surface area (Å²) in [5, 5.41) is 13.0. The number of hydrogen-bond acceptors (Lipinski definition) is 3. The van der Waals surface area contributed by atoms with Crippen molar-refractivity contribution >= 4 is 11.9 Å². The molecule has 1 heterocycles. The van der Waals surface area contributed by atoms with Crippen LogP contribution in [0.15, 0.2) is 0 Å². The third kappa shape index (κ3) is 2.58. The number of carbonyl (C=O) groups excluding carboxylic acids is 1. The van der Waals surface area contributed by atoms with Crippen molar-refractivity contribution in [2.24, 2.45) is 5.92 Å². The number of amides is 1. The first-order chi connectivity index (χ1) is 8.09. The zero-order chi connectivity index (χ0) is 14.1. The summed E-state index contributed by atoms with van der Waals surface area (Å²) in [6.45, 7) is 2.68. The van der Waals surface area contributed by atoms with Gasteiger partial charge in [-0.15, -0.1) is 0 Å². The molecule has 5 nitrogen and oxygen atoms in total. The lowest BCUT2D eigenvalue weighted by Gasteiger charge is -2.30. The Bertz CT molecular complexity index is 359. The smallest absolute Gasteiger partial charge is 0.422 e. The average Bonchev–Trinajstić information content (AvgIpc) is 2.62. The Morgan fingerprint density at radius 3 is 2.28 bits per heavy atom. The van der Waals surface area contributed by atoms with Gasteiger partial charge in [-0.25, -0.2) is 4.79 Å². The first kappa shape index (κ1) is 14.7. The Labute approximate surface area is 102 Å². The molecule has 1 fully saturated rings. The molecule has 0 saturated carbocycles. The van der Waals surface area contributed by atoms with Gasteiger partial charge in [0.1, 0.15) is 0 Å². The first-order valence-electron chi connectivity index (χ1n) is 5.45. The van der Waals surface area contributed by atoms with Crippen molar-refractivity contribution in [3.63, 3.8) is 0 Å². The minimum Gasteiger partial charge on any atom is -0.479 e. The number of nitrogens with one attached hydrogen (secondary N) is 2. The molecule has 1 aliphatic heterocycles. The third-order valence-electron chi connectivity index (χ3n) is 3.18. The van der Waals surface area contributed by atoms with Gasteiger partial charge >= 0.3 is 12.1 Å². The summed E-state index contributed by atoms with van der Waals surface area (Å²) in [6, 6.07) is -0.786. The summed E-state index contributed by atoms with van der Waals surface area (Å²) < 4.78 is 38.1. The van der Waals surface area contributed by atoms with E-state index in [1.54, 1.807) is 12.2 Å². The predicted molar refractivity (Wildman–Crippen MR) is 55.8 cm³/mol. The average molecular weight is 268 g/mol. The molecule has 0 radical (unpaired) electrons. The van der Waals surface area contributed by atoms with E-state index in [0.717, 1.165) is 0 Å². The predicted octanol–water partition coefficient (Wildman–Crippen LogP) is 0.506. The molecule has 0 bridgehead atoms. The zero-order valence-corrected chi connectivity index (χ0v) is 9.97. The van der Waals surface area contributed by atoms with E-state index >= 15 is 0 Å². The van der Waals surface area contributed by atoms with Gasteiger partial charge in [0.2, 0.25) is 11.4 Å². The van der Waals surface area contributed by atoms with Crippen molar-refractivity contribution < 1.29 is 27.9 Å². The molecule has 1 saturated heterocycles. The van der Waals surface area contributed by atoms with Gasteiger partial charge in [-0.05, 0) is 25.8 Å². The third-order valence-corrected chi connectivity index (χ3v) is 3.18. The molecule has 3 N–H and O–H groups in total. The molecule has 3 atom stereocenters. The Balaban J connectivity index is 2.86. The number of rotatable bonds is 3. The Hall–Kier alpha value is -1.31. The fourth-order valence-corrected chi connectivity index (χ4v) is 1.76. The van der Waals surface area contributed by atoms with Crippen LogP contribution in [0.4, 0.5) is 13.2 Å². The molecule has 0 aliphatic carbocycles. The van der Waals surface area contributed by atoms with E-state index in [1.807, 2.05) is 0 Å². The summed E-state index contributed by atoms with van der Waals surface area (Å²) in [4.78, 5) is 22.4. The van der Waals surface area contributed by atoms with Crippen molar-refractivity contribution in [2.75, 3.05) is 6.54 Å². The number of aliphatic carboxylic acids is 1. The highest BCUT2D eigenvalue weighted by atomic mass is 19.4. The molecule has 104 valence electrons. The van der Waals surface area contributed by atoms with Crippen LogP contribution in [0, 0.1) is 5.92 Å². The standard InChI is InChI=1S/C10H15F3N2O3/c1-5-3-4-14-6(5)7(16)15-9(2,8(17)18)10(11,12)13/h5-6,14H,3-4H2,1-2H3,(H,15,16)(H,17,18). The maximum absolute atomic E-state index is 12.7. The van der Waals surface area contributed by atoms with E-state index in [1.165, 1.54) is 0 Å². The van der Waals surface area contributed by atoms with Gasteiger partial charge in [-0.1, -0.05) is 6.92 Å². The molecule has 0 aromatic rings. The summed E-state index contributed by atoms with van der Waals surface area (Å²) >= 11 is 0. The van der Waals surface area contributed by atoms with Gasteiger partial charge in [0.05, 0.1) is 6.04 Å². The highest BCUT2D eigenvalue weighted by molar-refractivity contribution is 5.90. The highest BCUT2D eigenvalue weighted by Gasteiger charge is 2.59. The second-order valence-corrected chi connectivity index (χ2v) is 4.61. The molecular weight excluding hydrogens is 253 g/mol. The lowest BCUT2D eigenvalue weighted by atomic mass is 9.98. The topological polar surface area (TPSA) is 78.4 Å². The number of hydrogen-bond donors (Lipinski definition) is 3. The van der Waals surface area contributed by atoms with Crippen LogP contribution in [0.2, 0.25) is 0 Å². The number of carboxylic acids is 1. The van der Waals surface area contributed by atoms with Crippen LogP contribution in [0.3, 0.4) is 0 Å². The molecular formula is C10H15F3N2O3.